The molecular formula is C9HF13I8O3. The maximum atomic E-state index is 14.9. The van der Waals surface area contributed by atoms with Crippen LogP contribution in [0.25, 0.3) is 0 Å². The summed E-state index contributed by atoms with van der Waals surface area (Å²) in [5.41, 5.74) is 0. The Labute approximate surface area is 252 Å². The first-order chi connectivity index (χ1) is 14.0. The summed E-state index contributed by atoms with van der Waals surface area (Å²) in [5.74, 6) is -16.2. The summed E-state index contributed by atoms with van der Waals surface area (Å²) < 4.78 is 191. The second-order valence-electron chi connectivity index (χ2n) is 4.99. The van der Waals surface area contributed by atoms with Crippen molar-refractivity contribution >= 4 is 142 Å². The van der Waals surface area contributed by atoms with Gasteiger partial charge in [0.2, 0.25) is 0 Å². The molecule has 0 aliphatic heterocycles. The molecule has 0 amide bonds. The van der Waals surface area contributed by atoms with Crippen LogP contribution in [0.2, 0.25) is 0 Å². The number of rotatable bonds is 9. The van der Waals surface area contributed by atoms with Crippen molar-refractivity contribution in [2.24, 2.45) is 0 Å². The quantitative estimate of drug-likeness (QED) is 0.131. The van der Waals surface area contributed by atoms with Gasteiger partial charge in [-0.05, 0) is 0 Å². The Kier molecular flexibility index (Phi) is 13.7. The van der Waals surface area contributed by atoms with Crippen molar-refractivity contribution < 1.29 is 69.6 Å². The van der Waals surface area contributed by atoms with Crippen LogP contribution >= 0.6 is 142 Å². The zero-order valence-electron chi connectivity index (χ0n) is 13.7. The summed E-state index contributed by atoms with van der Waals surface area (Å²) >= 11 is 2.10. The van der Waals surface area contributed by atoms with Crippen LogP contribution in [0.3, 0.4) is 0 Å². The predicted octanol–water partition coefficient (Wildman–Crippen LogP) is 11.3. The zero-order valence-corrected chi connectivity index (χ0v) is 31.0. The molecule has 0 rings (SSSR count). The second kappa shape index (κ2) is 12.1. The molecule has 202 valence electrons. The topological polar surface area (TPSA) is 35.5 Å². The molecule has 0 saturated heterocycles. The number of alkyl halides is 15. The minimum absolute atomic E-state index is 0.0398. The summed E-state index contributed by atoms with van der Waals surface area (Å²) in [6.07, 6.45) is -27.3. The van der Waals surface area contributed by atoms with E-state index in [0.29, 0.717) is 45.2 Å². The van der Waals surface area contributed by atoms with E-state index in [-0.39, 0.29) is 4.08 Å². The maximum absolute atomic E-state index is 14.9. The van der Waals surface area contributed by atoms with Gasteiger partial charge in [0.25, 0.3) is 0 Å². The summed E-state index contributed by atoms with van der Waals surface area (Å²) in [7, 11) is -5.45. The molecule has 33 heavy (non-hydrogen) atoms. The molecule has 0 aromatic rings. The van der Waals surface area contributed by atoms with E-state index in [0.717, 1.165) is 37.2 Å². The van der Waals surface area contributed by atoms with Crippen LogP contribution in [0.15, 0.2) is 9.91 Å². The normalized spacial score (nSPS) is 20.2. The molecule has 0 radical (unpaired) electrons. The molecule has 0 spiro atoms. The van der Waals surface area contributed by atoms with Crippen LogP contribution in [0.1, 0.15) is 0 Å². The van der Waals surface area contributed by atoms with E-state index < -0.39 is 63.9 Å². The van der Waals surface area contributed by atoms with Crippen molar-refractivity contribution in [3.63, 3.8) is 0 Å². The Morgan fingerprint density at radius 3 is 1.39 bits per heavy atom. The average molecular weight is 1420 g/mol. The van der Waals surface area contributed by atoms with Gasteiger partial charge in [-0.15, -0.1) is 0 Å². The molecule has 0 N–H and O–H groups in total. The van der Waals surface area contributed by atoms with Crippen LogP contribution in [0.5, 0.6) is 0 Å². The summed E-state index contributed by atoms with van der Waals surface area (Å²) in [4.78, 5) is 0. The van der Waals surface area contributed by atoms with E-state index in [1.807, 2.05) is 0 Å². The molecule has 0 aromatic carbocycles. The van der Waals surface area contributed by atoms with Crippen molar-refractivity contribution in [2.75, 3.05) is 0 Å². The first-order valence-corrected chi connectivity index (χ1v) is 36.8. The van der Waals surface area contributed by atoms with Gasteiger partial charge in [0.1, 0.15) is 0 Å². The third kappa shape index (κ3) is 8.44. The van der Waals surface area contributed by atoms with Gasteiger partial charge in [0, 0.05) is 0 Å². The molecule has 0 heterocycles. The van der Waals surface area contributed by atoms with Gasteiger partial charge in [-0.2, -0.15) is 0 Å². The van der Waals surface area contributed by atoms with Gasteiger partial charge in [0.15, 0.2) is 0 Å². The molecule has 24 heteroatoms. The first-order valence-electron chi connectivity index (χ1n) is 6.32. The standard InChI is InChI=1S/C9HF13I8O3/c10-2(1-29(25)26)3(11,12)32-4(13,6(15,16)17)8(21,22)33-5(14,7(18,19)20)9(23,24)30(27,28)31/h1H. The number of hydrogen-bond donors (Lipinski definition) is 0. The Morgan fingerprint density at radius 1 is 0.758 bits per heavy atom. The predicted molar refractivity (Wildman–Crippen MR) is 157 cm³/mol. The van der Waals surface area contributed by atoms with E-state index in [4.69, 9.17) is 0 Å². The summed E-state index contributed by atoms with van der Waals surface area (Å²) in [6, 6.07) is 0. The molecule has 3 nitrogen and oxygen atoms in total. The second-order valence-corrected chi connectivity index (χ2v) is 68.3. The Bertz CT molecular complexity index is 793. The fourth-order valence-electron chi connectivity index (χ4n) is 1.30. The van der Waals surface area contributed by atoms with Crippen LogP contribution in [-0.4, -0.2) is 35.7 Å². The van der Waals surface area contributed by atoms with Crippen LogP contribution in [-0.2, 0) is 12.5 Å². The number of halogens is 21. The van der Waals surface area contributed by atoms with Crippen molar-refractivity contribution in [3.05, 3.63) is 9.91 Å². The molecule has 2 unspecified atom stereocenters. The molecule has 0 saturated carbocycles. The minimum atomic E-state index is -7.32. The first kappa shape index (κ1) is 37.4. The van der Waals surface area contributed by atoms with Gasteiger partial charge in [-0.1, -0.05) is 0 Å². The number of hydrogen-bond acceptors (Lipinski definition) is 3. The average Bonchev–Trinajstić information content (AvgIpc) is 2.49. The van der Waals surface area contributed by atoms with Crippen LogP contribution in [0.4, 0.5) is 57.1 Å². The molecule has 0 bridgehead atoms. The fourth-order valence-corrected chi connectivity index (χ4v) is 10.4. The summed E-state index contributed by atoms with van der Waals surface area (Å²) in [5, 5.41) is 0. The Hall–Kier alpha value is 4.39. The van der Waals surface area contributed by atoms with Crippen molar-refractivity contribution in [1.82, 2.24) is 0 Å². The van der Waals surface area contributed by atoms with E-state index in [1.165, 1.54) is 37.2 Å². The number of ether oxygens (including phenoxy) is 2. The molecular weight excluding hydrogens is 1420 g/mol. The van der Waals surface area contributed by atoms with E-state index >= 15 is 0 Å². The van der Waals surface area contributed by atoms with Gasteiger partial charge in [-0.25, -0.2) is 0 Å². The molecule has 0 aliphatic rings. The van der Waals surface area contributed by atoms with Crippen molar-refractivity contribution in [1.29, 1.82) is 0 Å². The fraction of sp³-hybridized carbons (Fsp3) is 0.778. The van der Waals surface area contributed by atoms with Gasteiger partial charge in [0.05, 0.1) is 0 Å². The molecule has 0 aromatic heterocycles. The van der Waals surface area contributed by atoms with E-state index in [2.05, 4.69) is 9.47 Å². The van der Waals surface area contributed by atoms with E-state index in [1.54, 1.807) is 0 Å². The van der Waals surface area contributed by atoms with Crippen molar-refractivity contribution in [3.8, 4) is 0 Å². The van der Waals surface area contributed by atoms with Gasteiger partial charge in [-0.3, -0.25) is 0 Å². The third-order valence-corrected chi connectivity index (χ3v) is 47.4. The third-order valence-electron chi connectivity index (χ3n) is 2.74. The SMILES string of the molecule is O=I(I)(I)C(I)(I)C(F)(OC(F)(F)C(F)(OC(F)(F)C(F)=CI(I)I)C(F)(F)F)C(F)(F)F. The van der Waals surface area contributed by atoms with E-state index in [9.17, 15) is 60.1 Å². The van der Waals surface area contributed by atoms with Gasteiger partial charge >= 0.3 is 257 Å². The Balaban J connectivity index is 6.90. The van der Waals surface area contributed by atoms with Crippen molar-refractivity contribution in [2.45, 2.75) is 35.7 Å². The monoisotopic (exact) mass is 1420 g/mol. The summed E-state index contributed by atoms with van der Waals surface area (Å²) in [6.45, 7) is 0. The van der Waals surface area contributed by atoms with Crippen LogP contribution in [0, 0.1) is 0 Å². The van der Waals surface area contributed by atoms with Crippen LogP contribution < -0.4 is 0 Å². The van der Waals surface area contributed by atoms with Gasteiger partial charge < -0.3 is 0 Å². The zero-order chi connectivity index (χ0) is 27.3. The molecule has 0 aliphatic carbocycles. The Morgan fingerprint density at radius 2 is 1.12 bits per heavy atom. The molecule has 2 atom stereocenters. The molecule has 0 fully saturated rings.